The number of aromatic nitrogens is 6. The predicted octanol–water partition coefficient (Wildman–Crippen LogP) is 24.1. The van der Waals surface area contributed by atoms with Crippen molar-refractivity contribution in [1.29, 1.82) is 0 Å². The van der Waals surface area contributed by atoms with Crippen molar-refractivity contribution < 1.29 is 0 Å². The van der Waals surface area contributed by atoms with Crippen molar-refractivity contribution in [3.63, 3.8) is 0 Å². The first-order chi connectivity index (χ1) is 49.1. The Morgan fingerprint density at radius 2 is 0.550 bits per heavy atom. The van der Waals surface area contributed by atoms with Gasteiger partial charge >= 0.3 is 0 Å². The van der Waals surface area contributed by atoms with Crippen LogP contribution in [-0.2, 0) is 10.8 Å². The number of fused-ring (bicyclic) bond motifs is 18. The second-order valence-corrected chi connectivity index (χ2v) is 28.5. The number of para-hydroxylation sites is 4. The lowest BCUT2D eigenvalue weighted by molar-refractivity contribution is 0.660. The summed E-state index contributed by atoms with van der Waals surface area (Å²) in [6.45, 7) is 9.44. The maximum atomic E-state index is 5.44. The van der Waals surface area contributed by atoms with E-state index in [0.717, 1.165) is 66.7 Å². The van der Waals surface area contributed by atoms with Gasteiger partial charge in [-0.3, -0.25) is 4.57 Å². The van der Waals surface area contributed by atoms with Crippen molar-refractivity contribution in [3.8, 4) is 90.0 Å². The molecule has 2 aliphatic rings. The second kappa shape index (κ2) is 20.9. The first kappa shape index (κ1) is 56.5. The molecule has 5 heterocycles. The number of benzene rings is 14. The van der Waals surface area contributed by atoms with Gasteiger partial charge in [0, 0.05) is 88.2 Å². The van der Waals surface area contributed by atoms with Gasteiger partial charge in [0.15, 0.2) is 5.82 Å². The highest BCUT2D eigenvalue weighted by molar-refractivity contribution is 6.15. The van der Waals surface area contributed by atoms with Gasteiger partial charge < -0.3 is 13.7 Å². The van der Waals surface area contributed by atoms with E-state index in [1.54, 1.807) is 0 Å². The lowest BCUT2D eigenvalue weighted by atomic mass is 9.82. The van der Waals surface area contributed by atoms with Crippen LogP contribution in [0.5, 0.6) is 0 Å². The molecule has 5 aromatic heterocycles. The number of rotatable bonds is 8. The summed E-state index contributed by atoms with van der Waals surface area (Å²) >= 11 is 0. The van der Waals surface area contributed by atoms with Gasteiger partial charge in [0.05, 0.1) is 49.8 Å². The highest BCUT2D eigenvalue weighted by atomic mass is 15.1. The Morgan fingerprint density at radius 3 is 0.990 bits per heavy atom. The summed E-state index contributed by atoms with van der Waals surface area (Å²) in [5.74, 6) is 1.47. The smallest absolute Gasteiger partial charge is 0.162 e. The largest absolute Gasteiger partial charge is 0.309 e. The minimum Gasteiger partial charge on any atom is -0.309 e. The zero-order chi connectivity index (χ0) is 66.3. The normalized spacial score (nSPS) is 13.6. The number of nitrogens with zero attached hydrogens (tertiary/aromatic N) is 6. The summed E-state index contributed by atoms with van der Waals surface area (Å²) in [6.07, 6.45) is 0. The summed E-state index contributed by atoms with van der Waals surface area (Å²) in [5, 5.41) is 9.69. The molecule has 21 rings (SSSR count). The molecule has 2 aliphatic carbocycles. The molecule has 6 nitrogen and oxygen atoms in total. The van der Waals surface area contributed by atoms with Crippen LogP contribution in [0.25, 0.3) is 177 Å². The highest BCUT2D eigenvalue weighted by Gasteiger charge is 2.37. The Morgan fingerprint density at radius 1 is 0.220 bits per heavy atom. The molecule has 0 aliphatic heterocycles. The van der Waals surface area contributed by atoms with Gasteiger partial charge in [0.2, 0.25) is 0 Å². The lowest BCUT2D eigenvalue weighted by Gasteiger charge is -2.22. The molecule has 100 heavy (non-hydrogen) atoms. The van der Waals surface area contributed by atoms with Crippen LogP contribution in [0.15, 0.2) is 315 Å². The van der Waals surface area contributed by atoms with Gasteiger partial charge in [-0.2, -0.15) is 0 Å². The first-order valence-corrected chi connectivity index (χ1v) is 34.8. The molecule has 470 valence electrons. The molecule has 0 atom stereocenters. The third-order valence-corrected chi connectivity index (χ3v) is 22.4. The van der Waals surface area contributed by atoms with Crippen LogP contribution < -0.4 is 0 Å². The topological polar surface area (TPSA) is 45.5 Å². The van der Waals surface area contributed by atoms with Crippen molar-refractivity contribution in [3.05, 3.63) is 338 Å². The van der Waals surface area contributed by atoms with E-state index in [2.05, 4.69) is 355 Å². The van der Waals surface area contributed by atoms with Gasteiger partial charge in [0.25, 0.3) is 0 Å². The lowest BCUT2D eigenvalue weighted by Crippen LogP contribution is -2.15. The molecule has 0 bridgehead atoms. The molecule has 0 saturated heterocycles. The molecule has 0 N–H and O–H groups in total. The molecule has 0 unspecified atom stereocenters. The van der Waals surface area contributed by atoms with E-state index in [1.165, 1.54) is 127 Å². The van der Waals surface area contributed by atoms with Crippen LogP contribution in [0, 0.1) is 0 Å². The van der Waals surface area contributed by atoms with E-state index in [9.17, 15) is 0 Å². The molecule has 14 aromatic carbocycles. The number of hydrogen-bond donors (Lipinski definition) is 0. The Balaban J connectivity index is 0.635. The monoisotopic (exact) mass is 1280 g/mol. The van der Waals surface area contributed by atoms with E-state index in [-0.39, 0.29) is 10.8 Å². The van der Waals surface area contributed by atoms with E-state index >= 15 is 0 Å². The second-order valence-electron chi connectivity index (χ2n) is 28.5. The van der Waals surface area contributed by atoms with Crippen LogP contribution in [0.3, 0.4) is 0 Å². The van der Waals surface area contributed by atoms with Crippen LogP contribution in [0.1, 0.15) is 49.9 Å². The van der Waals surface area contributed by atoms with Gasteiger partial charge in [0.1, 0.15) is 5.82 Å². The standard InChI is InChI=1S/C94H64N6/c1-93(2)78-28-14-8-22-66(78)68-44-42-64(54-80(68)93)98-84-31-17-11-25-71(84)75-51-60(37-47-88(75)98)59-36-46-87-74(50-59)70-24-10-16-30-83(70)97(87)63-40-34-57(35-41-63)82-56-91(96-92(95-82)58-20-6-5-7-21-58)100-86-33-19-13-27-73(86)77-53-62(39-49-90(77)100)61-38-48-89-76(52-61)72-26-12-18-32-85(72)99(89)65-43-45-69-67-23-9-15-29-79(67)94(3,4)81(69)55-65/h5-56H,1-4H3. The molecule has 0 amide bonds. The van der Waals surface area contributed by atoms with Gasteiger partial charge in [-0.1, -0.05) is 228 Å². The molecule has 0 saturated carbocycles. The SMILES string of the molecule is CC1(C)c2ccccc2-c2ccc(-n3c4ccccc4c4cc(-c5ccc6c(c5)c5ccccc5n6-c5ccc(-c6cc(-n7c8ccccc8c8cc(-c9ccc%10c(c9)c9ccccc9n%10-c9ccc%10c(c9)C(C)(C)c9ccccc9-%10)ccc87)nc(-c7ccccc7)n6)cc5)ccc43)cc21. The molecular formula is C94H64N6. The molecule has 0 fully saturated rings. The summed E-state index contributed by atoms with van der Waals surface area (Å²) in [6, 6.07) is 117. The maximum Gasteiger partial charge on any atom is 0.162 e. The molecular weight excluding hydrogens is 1210 g/mol. The van der Waals surface area contributed by atoms with E-state index in [4.69, 9.17) is 9.97 Å². The van der Waals surface area contributed by atoms with E-state index in [1.807, 2.05) is 6.07 Å². The fraction of sp³-hybridized carbons (Fsp3) is 0.0638. The molecule has 0 spiro atoms. The Hall–Kier alpha value is -12.6. The molecule has 19 aromatic rings. The quantitative estimate of drug-likeness (QED) is 0.152. The van der Waals surface area contributed by atoms with Crippen molar-refractivity contribution in [2.75, 3.05) is 0 Å². The van der Waals surface area contributed by atoms with Gasteiger partial charge in [-0.25, -0.2) is 9.97 Å². The molecule has 6 heteroatoms. The third kappa shape index (κ3) is 8.13. The van der Waals surface area contributed by atoms with Crippen molar-refractivity contribution in [2.45, 2.75) is 38.5 Å². The van der Waals surface area contributed by atoms with Crippen molar-refractivity contribution in [2.24, 2.45) is 0 Å². The molecule has 0 radical (unpaired) electrons. The fourth-order valence-electron chi connectivity index (χ4n) is 17.5. The van der Waals surface area contributed by atoms with Crippen LogP contribution in [0.2, 0.25) is 0 Å². The zero-order valence-corrected chi connectivity index (χ0v) is 55.7. The summed E-state index contributed by atoms with van der Waals surface area (Å²) < 4.78 is 9.64. The predicted molar refractivity (Wildman–Crippen MR) is 416 cm³/mol. The van der Waals surface area contributed by atoms with E-state index < -0.39 is 0 Å². The number of hydrogen-bond acceptors (Lipinski definition) is 2. The Kier molecular flexibility index (Phi) is 11.8. The fourth-order valence-corrected chi connectivity index (χ4v) is 17.5. The summed E-state index contributed by atoms with van der Waals surface area (Å²) in [7, 11) is 0. The zero-order valence-electron chi connectivity index (χ0n) is 55.7. The van der Waals surface area contributed by atoms with Crippen molar-refractivity contribution >= 4 is 87.2 Å². The summed E-state index contributed by atoms with van der Waals surface area (Å²) in [5.41, 5.74) is 30.8. The van der Waals surface area contributed by atoms with Gasteiger partial charge in [-0.05, 0) is 176 Å². The van der Waals surface area contributed by atoms with Crippen LogP contribution in [-0.4, -0.2) is 28.2 Å². The highest BCUT2D eigenvalue weighted by Crippen LogP contribution is 2.52. The minimum absolute atomic E-state index is 0.0946. The van der Waals surface area contributed by atoms with Crippen LogP contribution in [0.4, 0.5) is 0 Å². The Labute approximate surface area is 578 Å². The van der Waals surface area contributed by atoms with Crippen molar-refractivity contribution in [1.82, 2.24) is 28.2 Å². The average Bonchev–Trinajstić information content (AvgIpc) is 1.58. The Bertz CT molecular complexity index is 6700. The minimum atomic E-state index is -0.101. The average molecular weight is 1280 g/mol. The van der Waals surface area contributed by atoms with Gasteiger partial charge in [-0.15, -0.1) is 0 Å². The van der Waals surface area contributed by atoms with E-state index in [0.29, 0.717) is 5.82 Å². The third-order valence-electron chi connectivity index (χ3n) is 22.4. The summed E-state index contributed by atoms with van der Waals surface area (Å²) in [4.78, 5) is 10.8. The first-order valence-electron chi connectivity index (χ1n) is 34.8. The van der Waals surface area contributed by atoms with Crippen LogP contribution >= 0.6 is 0 Å². The maximum absolute atomic E-state index is 5.44.